The SMILES string of the molecule is Cn1nccc1CCCNc1ccc(S(=O)(=O)N[C@@H]2CCc3ccc(OC(F)F)cc32)cn1. The van der Waals surface area contributed by atoms with Gasteiger partial charge in [0.1, 0.15) is 16.5 Å². The molecule has 1 aliphatic rings. The van der Waals surface area contributed by atoms with Crippen LogP contribution in [0.1, 0.15) is 35.7 Å². The van der Waals surface area contributed by atoms with Crippen molar-refractivity contribution in [3.63, 3.8) is 0 Å². The molecule has 0 saturated heterocycles. The van der Waals surface area contributed by atoms with Crippen LogP contribution in [0.5, 0.6) is 5.75 Å². The van der Waals surface area contributed by atoms with Crippen LogP contribution in [0.4, 0.5) is 14.6 Å². The van der Waals surface area contributed by atoms with Gasteiger partial charge in [0.2, 0.25) is 10.0 Å². The third-order valence-corrected chi connectivity index (χ3v) is 7.06. The summed E-state index contributed by atoms with van der Waals surface area (Å²) in [5.41, 5.74) is 2.70. The molecular formula is C22H25F2N5O3S. The Labute approximate surface area is 191 Å². The summed E-state index contributed by atoms with van der Waals surface area (Å²) in [5, 5.41) is 7.32. The van der Waals surface area contributed by atoms with Gasteiger partial charge in [0, 0.05) is 37.7 Å². The van der Waals surface area contributed by atoms with E-state index < -0.39 is 22.7 Å². The number of aryl methyl sites for hydroxylation is 3. The second kappa shape index (κ2) is 9.84. The van der Waals surface area contributed by atoms with Gasteiger partial charge in [-0.2, -0.15) is 13.9 Å². The first-order valence-electron chi connectivity index (χ1n) is 10.6. The number of pyridine rings is 1. The fourth-order valence-corrected chi connectivity index (χ4v) is 5.10. The number of aromatic nitrogens is 3. The highest BCUT2D eigenvalue weighted by molar-refractivity contribution is 7.89. The van der Waals surface area contributed by atoms with E-state index in [2.05, 4.69) is 24.9 Å². The number of ether oxygens (including phenoxy) is 1. The highest BCUT2D eigenvalue weighted by Crippen LogP contribution is 2.35. The number of alkyl halides is 2. The molecule has 1 atom stereocenters. The lowest BCUT2D eigenvalue weighted by molar-refractivity contribution is -0.0499. The lowest BCUT2D eigenvalue weighted by Gasteiger charge is -2.16. The molecule has 0 fully saturated rings. The maximum atomic E-state index is 12.9. The zero-order valence-corrected chi connectivity index (χ0v) is 18.9. The van der Waals surface area contributed by atoms with Crippen molar-refractivity contribution in [1.29, 1.82) is 0 Å². The van der Waals surface area contributed by atoms with Crippen molar-refractivity contribution in [2.75, 3.05) is 11.9 Å². The van der Waals surface area contributed by atoms with Gasteiger partial charge in [-0.25, -0.2) is 18.1 Å². The molecule has 176 valence electrons. The van der Waals surface area contributed by atoms with Crippen molar-refractivity contribution in [1.82, 2.24) is 19.5 Å². The summed E-state index contributed by atoms with van der Waals surface area (Å²) < 4.78 is 59.7. The second-order valence-electron chi connectivity index (χ2n) is 7.81. The molecule has 3 aromatic rings. The molecule has 4 rings (SSSR count). The van der Waals surface area contributed by atoms with Crippen LogP contribution >= 0.6 is 0 Å². The van der Waals surface area contributed by atoms with Crippen LogP contribution in [0.15, 0.2) is 53.7 Å². The molecular weight excluding hydrogens is 452 g/mol. The number of sulfonamides is 1. The molecule has 33 heavy (non-hydrogen) atoms. The molecule has 1 aliphatic carbocycles. The Morgan fingerprint density at radius 2 is 2.09 bits per heavy atom. The van der Waals surface area contributed by atoms with Crippen molar-refractivity contribution < 1.29 is 21.9 Å². The fraction of sp³-hybridized carbons (Fsp3) is 0.364. The summed E-state index contributed by atoms with van der Waals surface area (Å²) in [4.78, 5) is 4.25. The highest BCUT2D eigenvalue weighted by atomic mass is 32.2. The van der Waals surface area contributed by atoms with Crippen LogP contribution in [0.2, 0.25) is 0 Å². The Balaban J connectivity index is 1.35. The molecule has 8 nitrogen and oxygen atoms in total. The Morgan fingerprint density at radius 1 is 1.24 bits per heavy atom. The summed E-state index contributed by atoms with van der Waals surface area (Å²) in [6, 6.07) is 9.20. The molecule has 2 aromatic heterocycles. The zero-order chi connectivity index (χ0) is 23.4. The van der Waals surface area contributed by atoms with E-state index in [1.807, 2.05) is 17.8 Å². The molecule has 0 saturated carbocycles. The van der Waals surface area contributed by atoms with Gasteiger partial charge in [0.05, 0.1) is 0 Å². The molecule has 0 bridgehead atoms. The third kappa shape index (κ3) is 5.66. The average Bonchev–Trinajstić information content (AvgIpc) is 3.36. The van der Waals surface area contributed by atoms with Crippen LogP contribution in [0.3, 0.4) is 0 Å². The standard InChI is InChI=1S/C22H25F2N5O3S/c1-29-16(10-12-27-29)3-2-11-25-21-9-7-18(14-26-21)33(30,31)28-20-8-5-15-4-6-17(13-19(15)20)32-22(23)24/h4,6-7,9-10,12-14,20,22,28H,2-3,5,8,11H2,1H3,(H,25,26)/t20-/m1/s1. The summed E-state index contributed by atoms with van der Waals surface area (Å²) in [5.74, 6) is 0.592. The van der Waals surface area contributed by atoms with Gasteiger partial charge < -0.3 is 10.1 Å². The van der Waals surface area contributed by atoms with Crippen LogP contribution in [-0.2, 0) is 29.9 Å². The van der Waals surface area contributed by atoms with Crippen LogP contribution in [0, 0.1) is 0 Å². The monoisotopic (exact) mass is 477 g/mol. The summed E-state index contributed by atoms with van der Waals surface area (Å²) >= 11 is 0. The predicted molar refractivity (Wildman–Crippen MR) is 119 cm³/mol. The van der Waals surface area contributed by atoms with Gasteiger partial charge in [-0.1, -0.05) is 6.07 Å². The smallest absolute Gasteiger partial charge is 0.387 e. The zero-order valence-electron chi connectivity index (χ0n) is 18.0. The molecule has 0 amide bonds. The van der Waals surface area contributed by atoms with Gasteiger partial charge in [-0.3, -0.25) is 4.68 Å². The minimum absolute atomic E-state index is 0.00957. The van der Waals surface area contributed by atoms with Crippen molar-refractivity contribution in [3.05, 3.63) is 65.6 Å². The van der Waals surface area contributed by atoms with Crippen molar-refractivity contribution >= 4 is 15.8 Å². The summed E-state index contributed by atoms with van der Waals surface area (Å²) in [6.45, 7) is -2.25. The molecule has 1 aromatic carbocycles. The number of benzene rings is 1. The van der Waals surface area contributed by atoms with Crippen molar-refractivity contribution in [3.8, 4) is 5.75 Å². The lowest BCUT2D eigenvalue weighted by Crippen LogP contribution is -2.27. The first kappa shape index (κ1) is 23.1. The minimum atomic E-state index is -3.84. The predicted octanol–water partition coefficient (Wildman–Crippen LogP) is 3.43. The van der Waals surface area contributed by atoms with E-state index in [1.165, 1.54) is 24.4 Å². The van der Waals surface area contributed by atoms with Gasteiger partial charge >= 0.3 is 6.61 Å². The summed E-state index contributed by atoms with van der Waals surface area (Å²) in [7, 11) is -1.94. The largest absolute Gasteiger partial charge is 0.435 e. The van der Waals surface area contributed by atoms with Gasteiger partial charge in [-0.15, -0.1) is 0 Å². The van der Waals surface area contributed by atoms with Gasteiger partial charge in [0.25, 0.3) is 0 Å². The minimum Gasteiger partial charge on any atom is -0.435 e. The van der Waals surface area contributed by atoms with E-state index >= 15 is 0 Å². The maximum Gasteiger partial charge on any atom is 0.387 e. The third-order valence-electron chi connectivity index (χ3n) is 5.60. The molecule has 11 heteroatoms. The number of halogens is 2. The Bertz CT molecular complexity index is 1200. The number of nitrogens with zero attached hydrogens (tertiary/aromatic N) is 3. The number of hydrogen-bond acceptors (Lipinski definition) is 6. The van der Waals surface area contributed by atoms with E-state index in [9.17, 15) is 17.2 Å². The van der Waals surface area contributed by atoms with Crippen LogP contribution in [-0.4, -0.2) is 36.3 Å². The molecule has 0 spiro atoms. The number of nitrogens with one attached hydrogen (secondary N) is 2. The van der Waals surface area contributed by atoms with E-state index in [0.717, 1.165) is 24.1 Å². The second-order valence-corrected chi connectivity index (χ2v) is 9.52. The normalized spacial score (nSPS) is 15.6. The topological polar surface area (TPSA) is 98.1 Å². The van der Waals surface area contributed by atoms with E-state index in [1.54, 1.807) is 18.3 Å². The first-order chi connectivity index (χ1) is 15.8. The molecule has 2 N–H and O–H groups in total. The molecule has 2 heterocycles. The van der Waals surface area contributed by atoms with Crippen LogP contribution in [0.25, 0.3) is 0 Å². The lowest BCUT2D eigenvalue weighted by atomic mass is 10.1. The quantitative estimate of drug-likeness (QED) is 0.434. The maximum absolute atomic E-state index is 12.9. The molecule has 0 aliphatic heterocycles. The molecule has 0 unspecified atom stereocenters. The average molecular weight is 478 g/mol. The first-order valence-corrected chi connectivity index (χ1v) is 12.1. The van der Waals surface area contributed by atoms with E-state index in [4.69, 9.17) is 0 Å². The fourth-order valence-electron chi connectivity index (χ4n) is 3.91. The number of anilines is 1. The van der Waals surface area contributed by atoms with Crippen molar-refractivity contribution in [2.45, 2.75) is 43.2 Å². The number of fused-ring (bicyclic) bond motifs is 1. The highest BCUT2D eigenvalue weighted by Gasteiger charge is 2.28. The van der Waals surface area contributed by atoms with Crippen LogP contribution < -0.4 is 14.8 Å². The Morgan fingerprint density at radius 3 is 2.79 bits per heavy atom. The Hall–Kier alpha value is -3.05. The summed E-state index contributed by atoms with van der Waals surface area (Å²) in [6.07, 6.45) is 6.00. The number of hydrogen-bond donors (Lipinski definition) is 2. The van der Waals surface area contributed by atoms with Crippen molar-refractivity contribution in [2.24, 2.45) is 7.05 Å². The van der Waals surface area contributed by atoms with Gasteiger partial charge in [0.15, 0.2) is 0 Å². The Kier molecular flexibility index (Phi) is 6.89. The number of rotatable bonds is 10. The van der Waals surface area contributed by atoms with E-state index in [-0.39, 0.29) is 10.6 Å². The van der Waals surface area contributed by atoms with Gasteiger partial charge in [-0.05, 0) is 67.1 Å². The molecule has 0 radical (unpaired) electrons. The van der Waals surface area contributed by atoms with E-state index in [0.29, 0.717) is 30.8 Å².